The van der Waals surface area contributed by atoms with Gasteiger partial charge in [-0.05, 0) is 52.9 Å². The van der Waals surface area contributed by atoms with Gasteiger partial charge in [-0.2, -0.15) is 0 Å². The summed E-state index contributed by atoms with van der Waals surface area (Å²) in [5.74, 6) is 0. The third kappa shape index (κ3) is 2.31. The van der Waals surface area contributed by atoms with Crippen molar-refractivity contribution in [3.8, 4) is 0 Å². The van der Waals surface area contributed by atoms with Crippen molar-refractivity contribution < 1.29 is 0 Å². The predicted molar refractivity (Wildman–Crippen MR) is 73.5 cm³/mol. The van der Waals surface area contributed by atoms with Crippen LogP contribution in [0.25, 0.3) is 0 Å². The van der Waals surface area contributed by atoms with E-state index in [9.17, 15) is 0 Å². The van der Waals surface area contributed by atoms with Crippen molar-refractivity contribution in [3.05, 3.63) is 42.2 Å². The van der Waals surface area contributed by atoms with E-state index in [4.69, 9.17) is 11.6 Å². The molecule has 0 saturated carbocycles. The maximum atomic E-state index is 6.46. The molecule has 2 aromatic rings. The molecule has 1 unspecified atom stereocenters. The smallest absolute Gasteiger partial charge is 0.102 e. The van der Waals surface area contributed by atoms with Crippen LogP contribution in [0.4, 0.5) is 0 Å². The highest BCUT2D eigenvalue weighted by atomic mass is 79.9. The number of rotatable bonds is 2. The van der Waals surface area contributed by atoms with Gasteiger partial charge < -0.3 is 0 Å². The number of alkyl halides is 1. The summed E-state index contributed by atoms with van der Waals surface area (Å²) >= 11 is 13.5. The minimum absolute atomic E-state index is 0. The van der Waals surface area contributed by atoms with Crippen molar-refractivity contribution in [2.75, 3.05) is 0 Å². The number of halogens is 2. The summed E-state index contributed by atoms with van der Waals surface area (Å²) in [6, 6.07) is 4.24. The molecule has 2 aromatic heterocycles. The Morgan fingerprint density at radius 2 is 2.13 bits per heavy atom. The molecule has 0 fully saturated rings. The van der Waals surface area contributed by atoms with E-state index in [2.05, 4.69) is 47.3 Å². The zero-order valence-electron chi connectivity index (χ0n) is 8.38. The molecule has 2 rings (SSSR count). The van der Waals surface area contributed by atoms with Crippen LogP contribution >= 0.6 is 50.2 Å². The zero-order chi connectivity index (χ0) is 11.0. The second kappa shape index (κ2) is 4.58. The highest BCUT2D eigenvalue weighted by Gasteiger charge is 2.17. The molecule has 0 nitrogen and oxygen atoms in total. The minimum Gasteiger partial charge on any atom is -0.147 e. The van der Waals surface area contributed by atoms with E-state index in [-0.39, 0.29) is 5.38 Å². The van der Waals surface area contributed by atoms with Crippen LogP contribution in [0.15, 0.2) is 22.0 Å². The molecule has 15 heavy (non-hydrogen) atoms. The van der Waals surface area contributed by atoms with Gasteiger partial charge in [-0.25, -0.2) is 0 Å². The van der Waals surface area contributed by atoms with Crippen LogP contribution in [0.2, 0.25) is 0 Å². The largest absolute Gasteiger partial charge is 0.147 e. The fourth-order valence-corrected chi connectivity index (χ4v) is 4.45. The highest BCUT2D eigenvalue weighted by Crippen LogP contribution is 2.40. The third-order valence-electron chi connectivity index (χ3n) is 2.26. The van der Waals surface area contributed by atoms with E-state index in [0.29, 0.717) is 0 Å². The summed E-state index contributed by atoms with van der Waals surface area (Å²) in [4.78, 5) is 3.75. The molecule has 0 radical (unpaired) electrons. The van der Waals surface area contributed by atoms with Crippen LogP contribution in [0, 0.1) is 13.8 Å². The molecule has 0 aliphatic rings. The first kappa shape index (κ1) is 11.6. The number of thiophene rings is 2. The van der Waals surface area contributed by atoms with E-state index in [1.165, 1.54) is 20.2 Å². The highest BCUT2D eigenvalue weighted by molar-refractivity contribution is 9.10. The van der Waals surface area contributed by atoms with Crippen molar-refractivity contribution in [1.82, 2.24) is 0 Å². The Labute approximate surface area is 111 Å². The molecule has 80 valence electrons. The van der Waals surface area contributed by atoms with Crippen LogP contribution in [0.5, 0.6) is 0 Å². The Kier molecular flexibility index (Phi) is 3.56. The minimum atomic E-state index is 0. The fraction of sp³-hybridized carbons (Fsp3) is 0.273. The van der Waals surface area contributed by atoms with Gasteiger partial charge in [-0.1, -0.05) is 0 Å². The summed E-state index contributed by atoms with van der Waals surface area (Å²) < 4.78 is 1.15. The Morgan fingerprint density at radius 3 is 2.60 bits per heavy atom. The molecule has 2 heterocycles. The Bertz CT molecular complexity index is 453. The van der Waals surface area contributed by atoms with Gasteiger partial charge in [-0.3, -0.25) is 0 Å². The SMILES string of the molecule is Cc1ccsc1C(Cl)c1cc(Br)c(C)s1. The van der Waals surface area contributed by atoms with Crippen LogP contribution < -0.4 is 0 Å². The van der Waals surface area contributed by atoms with E-state index in [1.807, 2.05) is 0 Å². The average molecular weight is 322 g/mol. The second-order valence-electron chi connectivity index (χ2n) is 3.38. The Morgan fingerprint density at radius 1 is 1.40 bits per heavy atom. The summed E-state index contributed by atoms with van der Waals surface area (Å²) in [6.07, 6.45) is 0. The molecule has 0 amide bonds. The van der Waals surface area contributed by atoms with Crippen LogP contribution in [0.1, 0.15) is 25.6 Å². The summed E-state index contributed by atoms with van der Waals surface area (Å²) in [6.45, 7) is 4.21. The van der Waals surface area contributed by atoms with Gasteiger partial charge in [0.15, 0.2) is 0 Å². The lowest BCUT2D eigenvalue weighted by Crippen LogP contribution is -1.87. The molecule has 0 aromatic carbocycles. The van der Waals surface area contributed by atoms with Crippen LogP contribution in [0.3, 0.4) is 0 Å². The predicted octanol–water partition coefficient (Wildman–Crippen LogP) is 5.52. The van der Waals surface area contributed by atoms with Gasteiger partial charge in [0.05, 0.1) is 0 Å². The number of aryl methyl sites for hydroxylation is 2. The van der Waals surface area contributed by atoms with Gasteiger partial charge in [-0.15, -0.1) is 34.3 Å². The molecule has 0 spiro atoms. The average Bonchev–Trinajstić information content (AvgIpc) is 2.74. The third-order valence-corrected chi connectivity index (χ3v) is 6.26. The molecule has 0 saturated heterocycles. The van der Waals surface area contributed by atoms with Crippen molar-refractivity contribution in [3.63, 3.8) is 0 Å². The van der Waals surface area contributed by atoms with Crippen LogP contribution in [-0.2, 0) is 0 Å². The van der Waals surface area contributed by atoms with Crippen molar-refractivity contribution in [1.29, 1.82) is 0 Å². The number of hydrogen-bond donors (Lipinski definition) is 0. The molecular weight excluding hydrogens is 312 g/mol. The molecule has 0 bridgehead atoms. The topological polar surface area (TPSA) is 0 Å². The molecule has 0 aliphatic heterocycles. The normalized spacial score (nSPS) is 13.1. The quantitative estimate of drug-likeness (QED) is 0.639. The fourth-order valence-electron chi connectivity index (χ4n) is 1.38. The lowest BCUT2D eigenvalue weighted by atomic mass is 10.2. The Balaban J connectivity index is 2.36. The van der Waals surface area contributed by atoms with Crippen LogP contribution in [-0.4, -0.2) is 0 Å². The first-order chi connectivity index (χ1) is 7.09. The molecule has 0 N–H and O–H groups in total. The van der Waals surface area contributed by atoms with Gasteiger partial charge in [0.2, 0.25) is 0 Å². The van der Waals surface area contributed by atoms with Gasteiger partial charge >= 0.3 is 0 Å². The zero-order valence-corrected chi connectivity index (χ0v) is 12.4. The standard InChI is InChI=1S/C11H10BrClS2/c1-6-3-4-14-11(6)10(13)9-5-8(12)7(2)15-9/h3-5,10H,1-2H3. The maximum Gasteiger partial charge on any atom is 0.102 e. The first-order valence-electron chi connectivity index (χ1n) is 4.53. The van der Waals surface area contributed by atoms with Crippen molar-refractivity contribution >= 4 is 50.2 Å². The second-order valence-corrected chi connectivity index (χ2v) is 6.91. The van der Waals surface area contributed by atoms with E-state index >= 15 is 0 Å². The monoisotopic (exact) mass is 320 g/mol. The lowest BCUT2D eigenvalue weighted by molar-refractivity contribution is 1.20. The van der Waals surface area contributed by atoms with E-state index in [0.717, 1.165) is 4.47 Å². The van der Waals surface area contributed by atoms with E-state index in [1.54, 1.807) is 22.7 Å². The van der Waals surface area contributed by atoms with Crippen molar-refractivity contribution in [2.45, 2.75) is 19.2 Å². The lowest BCUT2D eigenvalue weighted by Gasteiger charge is -2.05. The van der Waals surface area contributed by atoms with E-state index < -0.39 is 0 Å². The van der Waals surface area contributed by atoms with Gasteiger partial charge in [0.25, 0.3) is 0 Å². The summed E-state index contributed by atoms with van der Waals surface area (Å²) in [5, 5.41) is 2.09. The van der Waals surface area contributed by atoms with Gasteiger partial charge in [0.1, 0.15) is 5.38 Å². The Hall–Kier alpha value is 0.170. The molecular formula is C11H10BrClS2. The number of hydrogen-bond acceptors (Lipinski definition) is 2. The first-order valence-corrected chi connectivity index (χ1v) is 7.46. The molecule has 4 heteroatoms. The summed E-state index contributed by atoms with van der Waals surface area (Å²) in [5.41, 5.74) is 1.28. The molecule has 0 aliphatic carbocycles. The van der Waals surface area contributed by atoms with Crippen molar-refractivity contribution in [2.24, 2.45) is 0 Å². The maximum absolute atomic E-state index is 6.46. The molecule has 1 atom stereocenters. The van der Waals surface area contributed by atoms with Gasteiger partial charge in [0, 0.05) is 19.1 Å². The summed E-state index contributed by atoms with van der Waals surface area (Å²) in [7, 11) is 0.